The summed E-state index contributed by atoms with van der Waals surface area (Å²) in [6, 6.07) is 13.4. The first-order valence-corrected chi connectivity index (χ1v) is 17.9. The molecule has 0 bridgehead atoms. The number of piperidine rings is 1. The molecule has 1 amide bonds. The van der Waals surface area contributed by atoms with Crippen molar-refractivity contribution in [2.24, 2.45) is 7.05 Å². The van der Waals surface area contributed by atoms with Crippen molar-refractivity contribution in [1.82, 2.24) is 19.4 Å². The third kappa shape index (κ3) is 6.28. The molecule has 7 rings (SSSR count). The summed E-state index contributed by atoms with van der Waals surface area (Å²) in [7, 11) is 3.72. The van der Waals surface area contributed by atoms with Crippen LogP contribution in [0.25, 0.3) is 11.4 Å². The van der Waals surface area contributed by atoms with Crippen molar-refractivity contribution in [3.8, 4) is 17.1 Å². The molecule has 2 aromatic carbocycles. The van der Waals surface area contributed by atoms with Crippen LogP contribution in [0.4, 0.5) is 23.0 Å². The SMILES string of the molecule is CCc1cccc(CC)c1NC(=O)c1cn(C)c2c1CCCc1cnc(Nc3ccc(N4CCC(N5CCCC5)CC4)cc3OC)nc1-2. The number of aromatic nitrogens is 3. The van der Waals surface area contributed by atoms with Gasteiger partial charge in [-0.05, 0) is 105 Å². The molecule has 0 unspecified atom stereocenters. The maximum Gasteiger partial charge on any atom is 0.257 e. The lowest BCUT2D eigenvalue weighted by Gasteiger charge is -2.38. The zero-order chi connectivity index (χ0) is 33.2. The summed E-state index contributed by atoms with van der Waals surface area (Å²) >= 11 is 0. The van der Waals surface area contributed by atoms with Crippen molar-refractivity contribution in [3.05, 3.63) is 76.6 Å². The number of nitrogens with zero attached hydrogens (tertiary/aromatic N) is 5. The number of fused-ring (bicyclic) bond motifs is 3. The highest BCUT2D eigenvalue weighted by Crippen LogP contribution is 2.37. The van der Waals surface area contributed by atoms with Crippen molar-refractivity contribution in [2.45, 2.75) is 77.7 Å². The van der Waals surface area contributed by atoms with Crippen LogP contribution in [0.1, 0.15) is 78.6 Å². The monoisotopic (exact) mass is 647 g/mol. The molecule has 2 fully saturated rings. The minimum Gasteiger partial charge on any atom is -0.494 e. The Morgan fingerprint density at radius 3 is 2.44 bits per heavy atom. The number of carbonyl (C=O) groups excluding carboxylic acids is 1. The van der Waals surface area contributed by atoms with E-state index in [1.165, 1.54) is 44.5 Å². The molecule has 2 N–H and O–H groups in total. The number of hydrogen-bond acceptors (Lipinski definition) is 7. The molecule has 1 aliphatic carbocycles. The lowest BCUT2D eigenvalue weighted by molar-refractivity contribution is 0.102. The van der Waals surface area contributed by atoms with E-state index in [-0.39, 0.29) is 5.91 Å². The summed E-state index contributed by atoms with van der Waals surface area (Å²) < 4.78 is 7.92. The molecule has 0 saturated carbocycles. The third-order valence-corrected chi connectivity index (χ3v) is 10.6. The average Bonchev–Trinajstić information content (AvgIpc) is 3.73. The van der Waals surface area contributed by atoms with Crippen molar-refractivity contribution in [3.63, 3.8) is 0 Å². The van der Waals surface area contributed by atoms with E-state index < -0.39 is 0 Å². The number of benzene rings is 2. The molecule has 3 aliphatic rings. The van der Waals surface area contributed by atoms with Gasteiger partial charge in [0.05, 0.1) is 29.7 Å². The number of carbonyl (C=O) groups is 1. The number of likely N-dealkylation sites (tertiary alicyclic amines) is 1. The highest BCUT2D eigenvalue weighted by atomic mass is 16.5. The number of ether oxygens (including phenoxy) is 1. The van der Waals surface area contributed by atoms with Crippen LogP contribution in [-0.2, 0) is 32.7 Å². The van der Waals surface area contributed by atoms with Crippen LogP contribution in [0.2, 0.25) is 0 Å². The molecule has 2 aliphatic heterocycles. The van der Waals surface area contributed by atoms with E-state index in [0.29, 0.717) is 11.5 Å². The van der Waals surface area contributed by atoms with E-state index in [4.69, 9.17) is 14.7 Å². The third-order valence-electron chi connectivity index (χ3n) is 10.6. The molecule has 2 aromatic heterocycles. The second kappa shape index (κ2) is 14.0. The summed E-state index contributed by atoms with van der Waals surface area (Å²) in [4.78, 5) is 28.8. The number of para-hydroxylation sites is 1. The van der Waals surface area contributed by atoms with Gasteiger partial charge in [-0.3, -0.25) is 4.79 Å². The number of methoxy groups -OCH3 is 1. The van der Waals surface area contributed by atoms with Gasteiger partial charge in [-0.25, -0.2) is 9.97 Å². The van der Waals surface area contributed by atoms with E-state index in [9.17, 15) is 4.79 Å². The lowest BCUT2D eigenvalue weighted by Crippen LogP contribution is -2.43. The van der Waals surface area contributed by atoms with Crippen LogP contribution < -0.4 is 20.3 Å². The molecule has 0 atom stereocenters. The van der Waals surface area contributed by atoms with Gasteiger partial charge in [0, 0.05) is 56.0 Å². The van der Waals surface area contributed by atoms with Gasteiger partial charge in [0.25, 0.3) is 5.91 Å². The first-order chi connectivity index (χ1) is 23.5. The van der Waals surface area contributed by atoms with Gasteiger partial charge in [0.2, 0.25) is 5.95 Å². The molecule has 48 heavy (non-hydrogen) atoms. The van der Waals surface area contributed by atoms with E-state index >= 15 is 0 Å². The standard InChI is InChI=1S/C39H49N7O2/c1-5-26-11-9-12-27(6-2)35(26)42-38(47)32-25-44(3)37-31(32)14-10-13-28-24-40-39(43-36(28)37)41-33-16-15-30(23-34(33)48-4)46-21-17-29(18-22-46)45-19-7-8-20-45/h9,11-12,15-16,23-25,29H,5-8,10,13-14,17-22H2,1-4H3,(H,42,47)(H,40,41,43). The summed E-state index contributed by atoms with van der Waals surface area (Å²) in [5, 5.41) is 6.73. The van der Waals surface area contributed by atoms with Gasteiger partial charge in [0.15, 0.2) is 0 Å². The van der Waals surface area contributed by atoms with Crippen molar-refractivity contribution < 1.29 is 9.53 Å². The van der Waals surface area contributed by atoms with Gasteiger partial charge in [-0.2, -0.15) is 0 Å². The Morgan fingerprint density at radius 1 is 0.979 bits per heavy atom. The minimum atomic E-state index is -0.0663. The van der Waals surface area contributed by atoms with Crippen LogP contribution in [0.3, 0.4) is 0 Å². The van der Waals surface area contributed by atoms with Gasteiger partial charge in [-0.1, -0.05) is 32.0 Å². The Hall–Kier alpha value is -4.37. The van der Waals surface area contributed by atoms with E-state index in [1.807, 2.05) is 19.4 Å². The van der Waals surface area contributed by atoms with Crippen molar-refractivity contribution in [1.29, 1.82) is 0 Å². The number of aryl methyl sites for hydroxylation is 4. The normalized spacial score (nSPS) is 16.7. The molecule has 2 saturated heterocycles. The predicted octanol–water partition coefficient (Wildman–Crippen LogP) is 7.16. The first-order valence-electron chi connectivity index (χ1n) is 17.9. The molecule has 252 valence electrons. The van der Waals surface area contributed by atoms with E-state index in [2.05, 4.69) is 75.2 Å². The molecule has 4 heterocycles. The van der Waals surface area contributed by atoms with Crippen molar-refractivity contribution in [2.75, 3.05) is 48.8 Å². The molecular weight excluding hydrogens is 598 g/mol. The first kappa shape index (κ1) is 32.2. The Bertz CT molecular complexity index is 1760. The fourth-order valence-corrected chi connectivity index (χ4v) is 8.03. The Morgan fingerprint density at radius 2 is 1.73 bits per heavy atom. The largest absolute Gasteiger partial charge is 0.494 e. The molecular formula is C39H49N7O2. The molecule has 4 aromatic rings. The Labute approximate surface area is 284 Å². The summed E-state index contributed by atoms with van der Waals surface area (Å²) in [6.07, 6.45) is 13.3. The smallest absolute Gasteiger partial charge is 0.257 e. The molecule has 0 spiro atoms. The van der Waals surface area contributed by atoms with Gasteiger partial charge in [-0.15, -0.1) is 0 Å². The lowest BCUT2D eigenvalue weighted by atomic mass is 10.0. The maximum absolute atomic E-state index is 13.9. The average molecular weight is 648 g/mol. The summed E-state index contributed by atoms with van der Waals surface area (Å²) in [5.74, 6) is 1.21. The van der Waals surface area contributed by atoms with Crippen LogP contribution in [0, 0.1) is 0 Å². The van der Waals surface area contributed by atoms with E-state index in [0.717, 1.165) is 102 Å². The Kier molecular flexibility index (Phi) is 9.39. The van der Waals surface area contributed by atoms with Crippen LogP contribution in [0.15, 0.2) is 48.8 Å². The molecule has 9 nitrogen and oxygen atoms in total. The zero-order valence-electron chi connectivity index (χ0n) is 28.9. The Balaban J connectivity index is 1.12. The topological polar surface area (TPSA) is 87.6 Å². The second-order valence-electron chi connectivity index (χ2n) is 13.5. The number of nitrogens with one attached hydrogen (secondary N) is 2. The van der Waals surface area contributed by atoms with Crippen molar-refractivity contribution >= 4 is 28.9 Å². The maximum atomic E-state index is 13.9. The summed E-state index contributed by atoms with van der Waals surface area (Å²) in [5.41, 5.74) is 9.98. The quantitative estimate of drug-likeness (QED) is 0.199. The minimum absolute atomic E-state index is 0.0663. The number of amides is 1. The predicted molar refractivity (Wildman–Crippen MR) is 194 cm³/mol. The van der Waals surface area contributed by atoms with Crippen LogP contribution in [-0.4, -0.2) is 64.7 Å². The summed E-state index contributed by atoms with van der Waals surface area (Å²) in [6.45, 7) is 8.91. The van der Waals surface area contributed by atoms with Gasteiger partial charge in [0.1, 0.15) is 5.75 Å². The van der Waals surface area contributed by atoms with Crippen LogP contribution in [0.5, 0.6) is 5.75 Å². The fourth-order valence-electron chi connectivity index (χ4n) is 8.03. The van der Waals surface area contributed by atoms with Crippen LogP contribution >= 0.6 is 0 Å². The zero-order valence-corrected chi connectivity index (χ0v) is 28.9. The van der Waals surface area contributed by atoms with E-state index in [1.54, 1.807) is 7.11 Å². The highest BCUT2D eigenvalue weighted by Gasteiger charge is 2.28. The number of rotatable bonds is 9. The molecule has 0 radical (unpaired) electrons. The molecule has 9 heteroatoms. The highest BCUT2D eigenvalue weighted by molar-refractivity contribution is 6.07. The fraction of sp³-hybridized carbons (Fsp3) is 0.462. The van der Waals surface area contributed by atoms with Gasteiger partial charge < -0.3 is 29.7 Å². The second-order valence-corrected chi connectivity index (χ2v) is 13.5. The number of anilines is 4. The number of hydrogen-bond donors (Lipinski definition) is 2. The van der Waals surface area contributed by atoms with Gasteiger partial charge >= 0.3 is 0 Å².